The maximum Gasteiger partial charge on any atom is 0.271 e. The molecule has 1 heterocycles. The fraction of sp³-hybridized carbons (Fsp3) is 0. The van der Waals surface area contributed by atoms with Crippen molar-refractivity contribution in [3.63, 3.8) is 0 Å². The monoisotopic (exact) mass is 337 g/mol. The van der Waals surface area contributed by atoms with Gasteiger partial charge in [-0.25, -0.2) is 10.6 Å². The van der Waals surface area contributed by atoms with Gasteiger partial charge in [0.05, 0.1) is 6.21 Å². The van der Waals surface area contributed by atoms with Gasteiger partial charge in [0.2, 0.25) is 0 Å². The van der Waals surface area contributed by atoms with Crippen LogP contribution in [0, 0.1) is 5.21 Å². The molecule has 0 saturated heterocycles. The van der Waals surface area contributed by atoms with Gasteiger partial charge in [-0.15, -0.1) is 0 Å². The van der Waals surface area contributed by atoms with Crippen molar-refractivity contribution in [3.05, 3.63) is 83.3 Å². The lowest BCUT2D eigenvalue weighted by molar-refractivity contribution is -0.991. The summed E-state index contributed by atoms with van der Waals surface area (Å²) in [6.07, 6.45) is 1.40. The standard InChI is InChI=1S/C18H15N3O4/c22-18(14-4-2-1-3-5-14)20-19-12-16-10-11-17(25-16)13-6-8-15(9-7-13)21(23)24/h1-12,21,23H,(H,20,22). The van der Waals surface area contributed by atoms with Crippen LogP contribution in [0.4, 0.5) is 5.69 Å². The molecule has 1 atom stereocenters. The molecule has 0 aliphatic heterocycles. The Kier molecular flexibility index (Phi) is 5.00. The molecular weight excluding hydrogens is 322 g/mol. The highest BCUT2D eigenvalue weighted by atomic mass is 16.8. The second kappa shape index (κ2) is 7.54. The molecule has 2 aromatic carbocycles. The number of nitrogens with zero attached hydrogens (tertiary/aromatic N) is 1. The summed E-state index contributed by atoms with van der Waals surface area (Å²) in [7, 11) is 0. The van der Waals surface area contributed by atoms with E-state index in [2.05, 4.69) is 10.5 Å². The number of carbonyl (C=O) groups excluding carboxylic acids is 1. The van der Waals surface area contributed by atoms with Crippen molar-refractivity contribution < 1.29 is 19.6 Å². The number of rotatable bonds is 5. The third kappa shape index (κ3) is 4.18. The predicted molar refractivity (Wildman–Crippen MR) is 91.4 cm³/mol. The van der Waals surface area contributed by atoms with E-state index in [1.165, 1.54) is 18.3 Å². The van der Waals surface area contributed by atoms with Gasteiger partial charge in [-0.1, -0.05) is 18.2 Å². The maximum absolute atomic E-state index is 11.8. The lowest BCUT2D eigenvalue weighted by atomic mass is 10.1. The van der Waals surface area contributed by atoms with Crippen LogP contribution >= 0.6 is 0 Å². The number of amides is 1. The first kappa shape index (κ1) is 16.6. The van der Waals surface area contributed by atoms with Gasteiger partial charge in [-0.05, 0) is 36.4 Å². The highest BCUT2D eigenvalue weighted by Crippen LogP contribution is 2.22. The first-order valence-corrected chi connectivity index (χ1v) is 7.45. The van der Waals surface area contributed by atoms with Crippen molar-refractivity contribution in [3.8, 4) is 11.3 Å². The first-order chi connectivity index (χ1) is 12.1. The Labute approximate surface area is 143 Å². The lowest BCUT2D eigenvalue weighted by Gasteiger charge is -2.10. The van der Waals surface area contributed by atoms with Crippen LogP contribution in [0.1, 0.15) is 16.1 Å². The second-order valence-corrected chi connectivity index (χ2v) is 5.15. The summed E-state index contributed by atoms with van der Waals surface area (Å²) >= 11 is 0. The molecule has 3 aromatic rings. The quantitative estimate of drug-likeness (QED) is 0.490. The number of quaternary nitrogens is 1. The molecule has 25 heavy (non-hydrogen) atoms. The predicted octanol–water partition coefficient (Wildman–Crippen LogP) is 2.11. The fourth-order valence-corrected chi connectivity index (χ4v) is 2.16. The SMILES string of the molecule is O=C(NN=Cc1ccc(-c2ccc([NH+]([O-])O)cc2)o1)c1ccccc1. The average Bonchev–Trinajstić information content (AvgIpc) is 3.11. The summed E-state index contributed by atoms with van der Waals surface area (Å²) in [6.45, 7) is 0. The van der Waals surface area contributed by atoms with Crippen LogP contribution in [-0.4, -0.2) is 17.3 Å². The van der Waals surface area contributed by atoms with E-state index in [-0.39, 0.29) is 11.6 Å². The van der Waals surface area contributed by atoms with E-state index in [4.69, 9.17) is 9.62 Å². The lowest BCUT2D eigenvalue weighted by Crippen LogP contribution is -2.99. The van der Waals surface area contributed by atoms with E-state index >= 15 is 0 Å². The van der Waals surface area contributed by atoms with Crippen molar-refractivity contribution in [2.75, 3.05) is 0 Å². The normalized spacial score (nSPS) is 12.2. The molecule has 7 nitrogen and oxygen atoms in total. The molecule has 3 N–H and O–H groups in total. The zero-order valence-corrected chi connectivity index (χ0v) is 13.0. The molecule has 0 fully saturated rings. The van der Waals surface area contributed by atoms with Gasteiger partial charge in [-0.3, -0.25) is 4.79 Å². The average molecular weight is 337 g/mol. The van der Waals surface area contributed by atoms with Crippen LogP contribution in [0.3, 0.4) is 0 Å². The molecule has 0 aliphatic rings. The van der Waals surface area contributed by atoms with Crippen LogP contribution in [0.2, 0.25) is 0 Å². The first-order valence-electron chi connectivity index (χ1n) is 7.45. The Balaban J connectivity index is 1.64. The molecule has 7 heteroatoms. The van der Waals surface area contributed by atoms with Gasteiger partial charge in [0.1, 0.15) is 11.5 Å². The van der Waals surface area contributed by atoms with Crippen LogP contribution < -0.4 is 10.7 Å². The van der Waals surface area contributed by atoms with Crippen LogP contribution in [0.5, 0.6) is 0 Å². The third-order valence-corrected chi connectivity index (χ3v) is 3.44. The van der Waals surface area contributed by atoms with Gasteiger partial charge in [0.15, 0.2) is 5.69 Å². The minimum absolute atomic E-state index is 0.209. The fourth-order valence-electron chi connectivity index (χ4n) is 2.16. The van der Waals surface area contributed by atoms with Crippen molar-refractivity contribution in [1.82, 2.24) is 5.43 Å². The van der Waals surface area contributed by atoms with E-state index in [0.29, 0.717) is 17.1 Å². The molecule has 0 aliphatic carbocycles. The molecule has 1 aromatic heterocycles. The number of hydrazone groups is 1. The molecule has 126 valence electrons. The summed E-state index contributed by atoms with van der Waals surface area (Å²) < 4.78 is 5.61. The van der Waals surface area contributed by atoms with Crippen molar-refractivity contribution in [1.29, 1.82) is 0 Å². The van der Waals surface area contributed by atoms with E-state index < -0.39 is 5.23 Å². The second-order valence-electron chi connectivity index (χ2n) is 5.15. The van der Waals surface area contributed by atoms with Gasteiger partial charge in [-0.2, -0.15) is 10.3 Å². The summed E-state index contributed by atoms with van der Waals surface area (Å²) in [5.41, 5.74) is 3.89. The summed E-state index contributed by atoms with van der Waals surface area (Å²) in [6, 6.07) is 18.6. The summed E-state index contributed by atoms with van der Waals surface area (Å²) in [5.74, 6) is 0.728. The Morgan fingerprint density at radius 3 is 2.48 bits per heavy atom. The molecular formula is C18H15N3O4. The Hall–Kier alpha value is -3.26. The minimum atomic E-state index is -0.979. The maximum atomic E-state index is 11.8. The minimum Gasteiger partial charge on any atom is -0.595 e. The van der Waals surface area contributed by atoms with Crippen LogP contribution in [0.15, 0.2) is 76.2 Å². The van der Waals surface area contributed by atoms with Gasteiger partial charge >= 0.3 is 0 Å². The van der Waals surface area contributed by atoms with E-state index in [1.54, 1.807) is 48.5 Å². The molecule has 1 unspecified atom stereocenters. The Morgan fingerprint density at radius 1 is 1.08 bits per heavy atom. The van der Waals surface area contributed by atoms with Gasteiger partial charge in [0, 0.05) is 23.3 Å². The molecule has 0 bridgehead atoms. The molecule has 3 rings (SSSR count). The highest BCUT2D eigenvalue weighted by molar-refractivity contribution is 5.94. The number of benzene rings is 2. The van der Waals surface area contributed by atoms with Crippen molar-refractivity contribution in [2.24, 2.45) is 5.10 Å². The largest absolute Gasteiger partial charge is 0.595 e. The van der Waals surface area contributed by atoms with Crippen molar-refractivity contribution >= 4 is 17.8 Å². The zero-order valence-electron chi connectivity index (χ0n) is 13.0. The summed E-state index contributed by atoms with van der Waals surface area (Å²) in [4.78, 5) is 11.8. The topological polar surface area (TPSA) is 102 Å². The third-order valence-electron chi connectivity index (χ3n) is 3.44. The van der Waals surface area contributed by atoms with Gasteiger partial charge in [0.25, 0.3) is 5.91 Å². The molecule has 0 radical (unpaired) electrons. The van der Waals surface area contributed by atoms with Crippen LogP contribution in [-0.2, 0) is 0 Å². The summed E-state index contributed by atoms with van der Waals surface area (Å²) in [5, 5.41) is 22.6. The van der Waals surface area contributed by atoms with Gasteiger partial charge < -0.3 is 9.62 Å². The zero-order chi connectivity index (χ0) is 17.6. The number of nitrogens with one attached hydrogen (secondary N) is 2. The number of furan rings is 1. The molecule has 0 spiro atoms. The molecule has 1 amide bonds. The number of hydrogen-bond acceptors (Lipinski definition) is 5. The van der Waals surface area contributed by atoms with E-state index in [1.807, 2.05) is 6.07 Å². The Bertz CT molecular complexity index is 871. The van der Waals surface area contributed by atoms with Crippen molar-refractivity contribution in [2.45, 2.75) is 0 Å². The smallest absolute Gasteiger partial charge is 0.271 e. The van der Waals surface area contributed by atoms with Crippen LogP contribution in [0.25, 0.3) is 11.3 Å². The molecule has 0 saturated carbocycles. The number of hydrogen-bond donors (Lipinski definition) is 3. The Morgan fingerprint density at radius 2 is 1.80 bits per heavy atom. The van der Waals surface area contributed by atoms with E-state index in [9.17, 15) is 10.0 Å². The highest BCUT2D eigenvalue weighted by Gasteiger charge is 2.06. The van der Waals surface area contributed by atoms with E-state index in [0.717, 1.165) is 5.56 Å². The number of carbonyl (C=O) groups is 1.